The lowest BCUT2D eigenvalue weighted by atomic mass is 9.87. The first-order chi connectivity index (χ1) is 7.89. The molecule has 1 aromatic heterocycles. The molecule has 0 aromatic carbocycles. The summed E-state index contributed by atoms with van der Waals surface area (Å²) in [7, 11) is 0. The van der Waals surface area contributed by atoms with Crippen LogP contribution in [0.2, 0.25) is 0 Å². The van der Waals surface area contributed by atoms with E-state index in [9.17, 15) is 0 Å². The maximum atomic E-state index is 4.40. The highest BCUT2D eigenvalue weighted by molar-refractivity contribution is 9.10. The molecule has 0 spiro atoms. The number of hydrogen-bond donors (Lipinski definition) is 1. The van der Waals surface area contributed by atoms with Gasteiger partial charge in [0.15, 0.2) is 0 Å². The van der Waals surface area contributed by atoms with Crippen LogP contribution in [-0.4, -0.2) is 16.3 Å². The zero-order chi connectivity index (χ0) is 13.1. The number of aryl methyl sites for hydroxylation is 1. The Balaban J connectivity index is 3.00. The maximum absolute atomic E-state index is 4.40. The van der Waals surface area contributed by atoms with Crippen molar-refractivity contribution in [3.8, 4) is 0 Å². The molecule has 1 N–H and O–H groups in total. The fourth-order valence-electron chi connectivity index (χ4n) is 2.09. The molecule has 17 heavy (non-hydrogen) atoms. The van der Waals surface area contributed by atoms with Crippen LogP contribution in [-0.2, 0) is 6.54 Å². The molecule has 98 valence electrons. The molecule has 0 aliphatic heterocycles. The molecule has 1 aromatic rings. The van der Waals surface area contributed by atoms with Crippen LogP contribution in [0.5, 0.6) is 0 Å². The third kappa shape index (κ3) is 4.11. The standard InChI is InChI=1S/C13H24BrN3/c1-6-15-11(8-13(3,4)5)12-10(14)9-16-17(12)7-2/h9,11,15H,6-8H2,1-5H3. The minimum Gasteiger partial charge on any atom is -0.309 e. The van der Waals surface area contributed by atoms with Gasteiger partial charge in [-0.15, -0.1) is 0 Å². The zero-order valence-corrected chi connectivity index (χ0v) is 13.1. The third-order valence-corrected chi connectivity index (χ3v) is 3.34. The van der Waals surface area contributed by atoms with Gasteiger partial charge < -0.3 is 5.32 Å². The van der Waals surface area contributed by atoms with E-state index in [1.165, 1.54) is 5.69 Å². The van der Waals surface area contributed by atoms with Crippen molar-refractivity contribution in [2.24, 2.45) is 5.41 Å². The Labute approximate surface area is 113 Å². The molecule has 0 aliphatic rings. The van der Waals surface area contributed by atoms with Crippen LogP contribution in [0.1, 0.15) is 52.8 Å². The smallest absolute Gasteiger partial charge is 0.0695 e. The van der Waals surface area contributed by atoms with Crippen LogP contribution in [0, 0.1) is 5.41 Å². The zero-order valence-electron chi connectivity index (χ0n) is 11.5. The molecule has 4 heteroatoms. The van der Waals surface area contributed by atoms with Gasteiger partial charge in [-0.3, -0.25) is 4.68 Å². The van der Waals surface area contributed by atoms with E-state index in [-0.39, 0.29) is 0 Å². The van der Waals surface area contributed by atoms with E-state index in [0.717, 1.165) is 24.0 Å². The van der Waals surface area contributed by atoms with Gasteiger partial charge in [0.05, 0.1) is 22.4 Å². The summed E-state index contributed by atoms with van der Waals surface area (Å²) in [5.74, 6) is 0. The number of aromatic nitrogens is 2. The van der Waals surface area contributed by atoms with E-state index in [1.54, 1.807) is 0 Å². The van der Waals surface area contributed by atoms with Crippen LogP contribution in [0.4, 0.5) is 0 Å². The van der Waals surface area contributed by atoms with E-state index in [0.29, 0.717) is 11.5 Å². The molecule has 3 nitrogen and oxygen atoms in total. The molecule has 0 fully saturated rings. The number of nitrogens with one attached hydrogen (secondary N) is 1. The highest BCUT2D eigenvalue weighted by atomic mass is 79.9. The van der Waals surface area contributed by atoms with Crippen molar-refractivity contribution in [1.82, 2.24) is 15.1 Å². The molecule has 0 bridgehead atoms. The van der Waals surface area contributed by atoms with Gasteiger partial charge in [-0.1, -0.05) is 27.7 Å². The van der Waals surface area contributed by atoms with E-state index in [2.05, 4.69) is 65.6 Å². The monoisotopic (exact) mass is 301 g/mol. The first-order valence-corrected chi connectivity index (χ1v) is 7.13. The SMILES string of the molecule is CCNC(CC(C)(C)C)c1c(Br)cnn1CC. The summed E-state index contributed by atoms with van der Waals surface area (Å²) in [4.78, 5) is 0. The summed E-state index contributed by atoms with van der Waals surface area (Å²) in [6.45, 7) is 13.0. The van der Waals surface area contributed by atoms with Crippen LogP contribution in [0.25, 0.3) is 0 Å². The fraction of sp³-hybridized carbons (Fsp3) is 0.769. The predicted octanol–water partition coefficient (Wildman–Crippen LogP) is 3.75. The molecule has 0 aliphatic carbocycles. The first kappa shape index (κ1) is 14.7. The molecule has 0 radical (unpaired) electrons. The van der Waals surface area contributed by atoms with Gasteiger partial charge >= 0.3 is 0 Å². The lowest BCUT2D eigenvalue weighted by Gasteiger charge is -2.27. The van der Waals surface area contributed by atoms with Crippen molar-refractivity contribution in [3.63, 3.8) is 0 Å². The van der Waals surface area contributed by atoms with Crippen LogP contribution in [0.15, 0.2) is 10.7 Å². The highest BCUT2D eigenvalue weighted by Crippen LogP contribution is 2.32. The van der Waals surface area contributed by atoms with Crippen molar-refractivity contribution in [1.29, 1.82) is 0 Å². The molecule has 1 atom stereocenters. The molecule has 0 saturated carbocycles. The lowest BCUT2D eigenvalue weighted by Crippen LogP contribution is -2.28. The Hall–Kier alpha value is -0.350. The second-order valence-electron chi connectivity index (χ2n) is 5.57. The second kappa shape index (κ2) is 6.01. The van der Waals surface area contributed by atoms with Gasteiger partial charge in [0.1, 0.15) is 0 Å². The number of rotatable bonds is 5. The van der Waals surface area contributed by atoms with E-state index in [1.807, 2.05) is 6.20 Å². The molecule has 1 heterocycles. The van der Waals surface area contributed by atoms with Gasteiger partial charge in [-0.05, 0) is 41.2 Å². The van der Waals surface area contributed by atoms with E-state index < -0.39 is 0 Å². The van der Waals surface area contributed by atoms with Crippen molar-refractivity contribution >= 4 is 15.9 Å². The fourth-order valence-corrected chi connectivity index (χ4v) is 2.67. The van der Waals surface area contributed by atoms with Crippen LogP contribution >= 0.6 is 15.9 Å². The van der Waals surface area contributed by atoms with Crippen LogP contribution in [0.3, 0.4) is 0 Å². The summed E-state index contributed by atoms with van der Waals surface area (Å²) < 4.78 is 3.18. The molecular weight excluding hydrogens is 278 g/mol. The molecular formula is C13H24BrN3. The Morgan fingerprint density at radius 3 is 2.53 bits per heavy atom. The summed E-state index contributed by atoms with van der Waals surface area (Å²) >= 11 is 3.61. The van der Waals surface area contributed by atoms with Crippen LogP contribution < -0.4 is 5.32 Å². The van der Waals surface area contributed by atoms with Gasteiger partial charge in [0.25, 0.3) is 0 Å². The maximum Gasteiger partial charge on any atom is 0.0695 e. The Kier molecular flexibility index (Phi) is 5.20. The van der Waals surface area contributed by atoms with Gasteiger partial charge in [-0.2, -0.15) is 5.10 Å². The Morgan fingerprint density at radius 1 is 1.41 bits per heavy atom. The summed E-state index contributed by atoms with van der Waals surface area (Å²) in [6.07, 6.45) is 3.00. The van der Waals surface area contributed by atoms with Crippen molar-refractivity contribution < 1.29 is 0 Å². The lowest BCUT2D eigenvalue weighted by molar-refractivity contribution is 0.303. The van der Waals surface area contributed by atoms with Crippen molar-refractivity contribution in [2.75, 3.05) is 6.54 Å². The Bertz CT molecular complexity index is 352. The minimum absolute atomic E-state index is 0.301. The number of nitrogens with zero attached hydrogens (tertiary/aromatic N) is 2. The predicted molar refractivity (Wildman–Crippen MR) is 76.1 cm³/mol. The highest BCUT2D eigenvalue weighted by Gasteiger charge is 2.24. The molecule has 0 saturated heterocycles. The normalized spacial score (nSPS) is 14.0. The van der Waals surface area contributed by atoms with Gasteiger partial charge in [-0.25, -0.2) is 0 Å². The topological polar surface area (TPSA) is 29.9 Å². The van der Waals surface area contributed by atoms with Gasteiger partial charge in [0.2, 0.25) is 0 Å². The average Bonchev–Trinajstić information content (AvgIpc) is 2.57. The van der Waals surface area contributed by atoms with Crippen molar-refractivity contribution in [3.05, 3.63) is 16.4 Å². The number of hydrogen-bond acceptors (Lipinski definition) is 2. The largest absolute Gasteiger partial charge is 0.309 e. The second-order valence-corrected chi connectivity index (χ2v) is 6.42. The van der Waals surface area contributed by atoms with E-state index >= 15 is 0 Å². The summed E-state index contributed by atoms with van der Waals surface area (Å²) in [6, 6.07) is 0.358. The average molecular weight is 302 g/mol. The van der Waals surface area contributed by atoms with E-state index in [4.69, 9.17) is 0 Å². The summed E-state index contributed by atoms with van der Waals surface area (Å²) in [5.41, 5.74) is 1.57. The minimum atomic E-state index is 0.301. The molecule has 0 amide bonds. The third-order valence-electron chi connectivity index (χ3n) is 2.73. The number of halogens is 1. The quantitative estimate of drug-likeness (QED) is 0.897. The van der Waals surface area contributed by atoms with Gasteiger partial charge in [0, 0.05) is 6.54 Å². The van der Waals surface area contributed by atoms with Crippen molar-refractivity contribution in [2.45, 2.75) is 53.6 Å². The molecule has 1 rings (SSSR count). The summed E-state index contributed by atoms with van der Waals surface area (Å²) in [5, 5.41) is 7.96. The Morgan fingerprint density at radius 2 is 2.06 bits per heavy atom. The molecule has 1 unspecified atom stereocenters. The first-order valence-electron chi connectivity index (χ1n) is 6.33.